The first-order valence-corrected chi connectivity index (χ1v) is 3.92. The summed E-state index contributed by atoms with van der Waals surface area (Å²) in [6.07, 6.45) is 1.68. The van der Waals surface area contributed by atoms with Crippen LogP contribution in [0.4, 0.5) is 11.6 Å². The van der Waals surface area contributed by atoms with Crippen LogP contribution in [0.25, 0.3) is 11.3 Å². The molecule has 0 bridgehead atoms. The number of H-pyrrole nitrogens is 1. The maximum atomic E-state index is 5.64. The zero-order valence-corrected chi connectivity index (χ0v) is 6.99. The number of aromatic nitrogens is 2. The van der Waals surface area contributed by atoms with Crippen molar-refractivity contribution in [3.8, 4) is 11.3 Å². The van der Waals surface area contributed by atoms with E-state index < -0.39 is 0 Å². The normalized spacial score (nSPS) is 10.2. The van der Waals surface area contributed by atoms with Crippen molar-refractivity contribution in [2.45, 2.75) is 0 Å². The Balaban J connectivity index is 2.46. The molecule has 66 valence electrons. The topological polar surface area (TPSA) is 80.7 Å². The zero-order valence-electron chi connectivity index (χ0n) is 6.99. The Hall–Kier alpha value is -1.97. The minimum atomic E-state index is 0.414. The van der Waals surface area contributed by atoms with Crippen molar-refractivity contribution in [3.63, 3.8) is 0 Å². The highest BCUT2D eigenvalue weighted by Gasteiger charge is 2.00. The van der Waals surface area contributed by atoms with Crippen LogP contribution in [0.1, 0.15) is 0 Å². The van der Waals surface area contributed by atoms with E-state index in [0.717, 1.165) is 16.9 Å². The molecule has 0 aliphatic heterocycles. The van der Waals surface area contributed by atoms with Crippen molar-refractivity contribution < 1.29 is 0 Å². The van der Waals surface area contributed by atoms with Gasteiger partial charge in [-0.3, -0.25) is 0 Å². The number of nitrogen functional groups attached to an aromatic ring is 2. The maximum absolute atomic E-state index is 5.64. The van der Waals surface area contributed by atoms with Crippen LogP contribution >= 0.6 is 0 Å². The molecule has 0 radical (unpaired) electrons. The molecule has 0 aliphatic carbocycles. The van der Waals surface area contributed by atoms with Crippen molar-refractivity contribution in [2.24, 2.45) is 0 Å². The van der Waals surface area contributed by atoms with Crippen LogP contribution in [0, 0.1) is 0 Å². The maximum Gasteiger partial charge on any atom is 0.197 e. The molecule has 0 fully saturated rings. The fraction of sp³-hybridized carbons (Fsp3) is 0. The summed E-state index contributed by atoms with van der Waals surface area (Å²) in [5.74, 6) is 0.414. The summed E-state index contributed by atoms with van der Waals surface area (Å²) in [5.41, 5.74) is 13.7. The van der Waals surface area contributed by atoms with Crippen molar-refractivity contribution in [1.82, 2.24) is 9.97 Å². The van der Waals surface area contributed by atoms with Crippen LogP contribution in [0.3, 0.4) is 0 Å². The minimum absolute atomic E-state index is 0.414. The van der Waals surface area contributed by atoms with E-state index in [1.165, 1.54) is 0 Å². The van der Waals surface area contributed by atoms with Gasteiger partial charge in [0.25, 0.3) is 0 Å². The molecule has 2 aromatic rings. The Kier molecular flexibility index (Phi) is 1.66. The van der Waals surface area contributed by atoms with Gasteiger partial charge >= 0.3 is 0 Å². The second-order valence-corrected chi connectivity index (χ2v) is 2.81. The molecule has 0 saturated heterocycles. The van der Waals surface area contributed by atoms with Gasteiger partial charge in [0, 0.05) is 11.3 Å². The predicted octanol–water partition coefficient (Wildman–Crippen LogP) is 1.24. The molecule has 5 N–H and O–H groups in total. The summed E-state index contributed by atoms with van der Waals surface area (Å²) < 4.78 is 0. The van der Waals surface area contributed by atoms with Crippen molar-refractivity contribution >= 4 is 11.6 Å². The number of benzene rings is 1. The third-order valence-electron chi connectivity index (χ3n) is 1.79. The Morgan fingerprint density at radius 2 is 2.08 bits per heavy atom. The second kappa shape index (κ2) is 2.82. The van der Waals surface area contributed by atoms with Crippen LogP contribution in [0.15, 0.2) is 30.5 Å². The molecule has 1 aromatic carbocycles. The minimum Gasteiger partial charge on any atom is -0.399 e. The average molecular weight is 174 g/mol. The van der Waals surface area contributed by atoms with E-state index in [0.29, 0.717) is 5.95 Å². The lowest BCUT2D eigenvalue weighted by molar-refractivity contribution is 1.33. The van der Waals surface area contributed by atoms with Crippen molar-refractivity contribution in [3.05, 3.63) is 30.5 Å². The SMILES string of the molecule is Nc1cccc(-c2cnc(N)[nH]2)c1. The summed E-state index contributed by atoms with van der Waals surface area (Å²) in [5, 5.41) is 0. The van der Waals surface area contributed by atoms with Gasteiger partial charge in [-0.05, 0) is 12.1 Å². The fourth-order valence-corrected chi connectivity index (χ4v) is 1.19. The molecule has 0 saturated carbocycles. The van der Waals surface area contributed by atoms with Crippen LogP contribution in [0.2, 0.25) is 0 Å². The number of nitrogens with two attached hydrogens (primary N) is 2. The second-order valence-electron chi connectivity index (χ2n) is 2.81. The van der Waals surface area contributed by atoms with Crippen molar-refractivity contribution in [2.75, 3.05) is 11.5 Å². The van der Waals surface area contributed by atoms with E-state index in [4.69, 9.17) is 11.5 Å². The largest absolute Gasteiger partial charge is 0.399 e. The Labute approximate surface area is 75.6 Å². The van der Waals surface area contributed by atoms with Gasteiger partial charge in [-0.25, -0.2) is 4.98 Å². The molecule has 4 nitrogen and oxygen atoms in total. The van der Waals surface area contributed by atoms with E-state index in [9.17, 15) is 0 Å². The molecule has 4 heteroatoms. The highest BCUT2D eigenvalue weighted by molar-refractivity contribution is 5.64. The average Bonchev–Trinajstić information content (AvgIpc) is 2.52. The molecule has 13 heavy (non-hydrogen) atoms. The summed E-state index contributed by atoms with van der Waals surface area (Å²) in [6.45, 7) is 0. The van der Waals surface area contributed by atoms with Gasteiger partial charge in [-0.15, -0.1) is 0 Å². The van der Waals surface area contributed by atoms with E-state index in [2.05, 4.69) is 9.97 Å². The number of aromatic amines is 1. The first kappa shape index (κ1) is 7.67. The first-order chi connectivity index (χ1) is 6.25. The van der Waals surface area contributed by atoms with Crippen LogP contribution in [-0.2, 0) is 0 Å². The Morgan fingerprint density at radius 3 is 2.69 bits per heavy atom. The molecule has 1 heterocycles. The highest BCUT2D eigenvalue weighted by Crippen LogP contribution is 2.19. The highest BCUT2D eigenvalue weighted by atomic mass is 15.0. The molecular formula is C9H10N4. The molecule has 1 aromatic heterocycles. The Morgan fingerprint density at radius 1 is 1.23 bits per heavy atom. The van der Waals surface area contributed by atoms with E-state index in [1.807, 2.05) is 24.3 Å². The third kappa shape index (κ3) is 1.46. The van der Waals surface area contributed by atoms with Crippen LogP contribution in [-0.4, -0.2) is 9.97 Å². The summed E-state index contributed by atoms with van der Waals surface area (Å²) >= 11 is 0. The van der Waals surface area contributed by atoms with Gasteiger partial charge in [-0.1, -0.05) is 12.1 Å². The molecule has 0 atom stereocenters. The van der Waals surface area contributed by atoms with Gasteiger partial charge < -0.3 is 16.5 Å². The fourth-order valence-electron chi connectivity index (χ4n) is 1.19. The third-order valence-corrected chi connectivity index (χ3v) is 1.79. The Bertz CT molecular complexity index is 419. The monoisotopic (exact) mass is 174 g/mol. The number of rotatable bonds is 1. The van der Waals surface area contributed by atoms with E-state index in [-0.39, 0.29) is 0 Å². The molecule has 0 unspecified atom stereocenters. The first-order valence-electron chi connectivity index (χ1n) is 3.92. The number of imidazole rings is 1. The summed E-state index contributed by atoms with van der Waals surface area (Å²) in [6, 6.07) is 7.54. The quantitative estimate of drug-likeness (QED) is 0.569. The van der Waals surface area contributed by atoms with Gasteiger partial charge in [-0.2, -0.15) is 0 Å². The molecular weight excluding hydrogens is 164 g/mol. The summed E-state index contributed by atoms with van der Waals surface area (Å²) in [7, 11) is 0. The van der Waals surface area contributed by atoms with Gasteiger partial charge in [0.15, 0.2) is 5.95 Å². The lowest BCUT2D eigenvalue weighted by Crippen LogP contribution is -1.87. The number of hydrogen-bond donors (Lipinski definition) is 3. The smallest absolute Gasteiger partial charge is 0.197 e. The lowest BCUT2D eigenvalue weighted by Gasteiger charge is -1.97. The lowest BCUT2D eigenvalue weighted by atomic mass is 10.1. The van der Waals surface area contributed by atoms with Crippen LogP contribution in [0.5, 0.6) is 0 Å². The van der Waals surface area contributed by atoms with E-state index in [1.54, 1.807) is 6.20 Å². The van der Waals surface area contributed by atoms with Gasteiger partial charge in [0.05, 0.1) is 11.9 Å². The summed E-state index contributed by atoms with van der Waals surface area (Å²) in [4.78, 5) is 6.83. The predicted molar refractivity (Wildman–Crippen MR) is 52.8 cm³/mol. The van der Waals surface area contributed by atoms with Gasteiger partial charge in [0.2, 0.25) is 0 Å². The molecule has 2 rings (SSSR count). The standard InChI is InChI=1S/C9H10N4/c10-7-3-1-2-6(4-7)8-5-12-9(11)13-8/h1-5H,10H2,(H3,11,12,13). The van der Waals surface area contributed by atoms with Crippen LogP contribution < -0.4 is 11.5 Å². The molecule has 0 aliphatic rings. The number of nitrogens with zero attached hydrogens (tertiary/aromatic N) is 1. The zero-order chi connectivity index (χ0) is 9.26. The van der Waals surface area contributed by atoms with Crippen molar-refractivity contribution in [1.29, 1.82) is 0 Å². The number of hydrogen-bond acceptors (Lipinski definition) is 3. The molecule has 0 amide bonds. The van der Waals surface area contributed by atoms with E-state index >= 15 is 0 Å². The molecule has 0 spiro atoms. The van der Waals surface area contributed by atoms with Gasteiger partial charge in [0.1, 0.15) is 0 Å². The number of anilines is 2. The number of nitrogens with one attached hydrogen (secondary N) is 1.